The third kappa shape index (κ3) is 2.74. The van der Waals surface area contributed by atoms with Gasteiger partial charge in [0.25, 0.3) is 5.91 Å². The summed E-state index contributed by atoms with van der Waals surface area (Å²) < 4.78 is 5.32. The Morgan fingerprint density at radius 2 is 2.31 bits per heavy atom. The highest BCUT2D eigenvalue weighted by atomic mass is 16.5. The van der Waals surface area contributed by atoms with Crippen LogP contribution in [0.4, 0.5) is 0 Å². The molecule has 1 N–H and O–H groups in total. The number of rotatable bonds is 4. The van der Waals surface area contributed by atoms with E-state index in [0.717, 1.165) is 19.4 Å². The van der Waals surface area contributed by atoms with Crippen molar-refractivity contribution >= 4 is 5.91 Å². The normalized spacial score (nSPS) is 25.2. The lowest BCUT2D eigenvalue weighted by molar-refractivity contribution is -0.155. The Morgan fingerprint density at radius 1 is 1.62 bits per heavy atom. The number of likely N-dealkylation sites (tertiary alicyclic amines) is 1. The molecular formula is C12H23NO3. The van der Waals surface area contributed by atoms with Gasteiger partial charge in [-0.3, -0.25) is 4.79 Å². The van der Waals surface area contributed by atoms with E-state index in [0.29, 0.717) is 13.0 Å². The van der Waals surface area contributed by atoms with Gasteiger partial charge in [0.15, 0.2) is 0 Å². The molecule has 0 bridgehead atoms. The maximum Gasteiger partial charge on any atom is 0.254 e. The summed E-state index contributed by atoms with van der Waals surface area (Å²) >= 11 is 0. The van der Waals surface area contributed by atoms with Gasteiger partial charge in [-0.25, -0.2) is 0 Å². The van der Waals surface area contributed by atoms with Crippen molar-refractivity contribution in [3.8, 4) is 0 Å². The summed E-state index contributed by atoms with van der Waals surface area (Å²) in [6.07, 6.45) is 2.65. The first-order valence-electron chi connectivity index (χ1n) is 6.02. The Labute approximate surface area is 97.6 Å². The molecule has 0 saturated carbocycles. The van der Waals surface area contributed by atoms with E-state index in [2.05, 4.69) is 0 Å². The van der Waals surface area contributed by atoms with Gasteiger partial charge in [-0.15, -0.1) is 0 Å². The van der Waals surface area contributed by atoms with Gasteiger partial charge in [0.2, 0.25) is 0 Å². The molecule has 0 radical (unpaired) electrons. The number of piperidine rings is 1. The second-order valence-corrected chi connectivity index (χ2v) is 4.73. The molecule has 1 aliphatic heterocycles. The Balaban J connectivity index is 2.65. The van der Waals surface area contributed by atoms with Gasteiger partial charge >= 0.3 is 0 Å². The molecule has 1 heterocycles. The van der Waals surface area contributed by atoms with E-state index in [9.17, 15) is 4.79 Å². The van der Waals surface area contributed by atoms with E-state index < -0.39 is 5.60 Å². The summed E-state index contributed by atoms with van der Waals surface area (Å²) in [5.41, 5.74) is -0.711. The van der Waals surface area contributed by atoms with Crippen LogP contribution >= 0.6 is 0 Å². The lowest BCUT2D eigenvalue weighted by Gasteiger charge is -2.37. The standard InChI is InChI=1S/C12H23NO3/c1-4-12(2,16-3)11(15)13-7-5-6-10(8-13)9-14/h10,14H,4-9H2,1-3H3. The van der Waals surface area contributed by atoms with Crippen LogP contribution in [0.1, 0.15) is 33.1 Å². The van der Waals surface area contributed by atoms with Crippen LogP contribution in [-0.2, 0) is 9.53 Å². The third-order valence-electron chi connectivity index (χ3n) is 3.64. The quantitative estimate of drug-likeness (QED) is 0.783. The van der Waals surface area contributed by atoms with Gasteiger partial charge in [0, 0.05) is 26.8 Å². The van der Waals surface area contributed by atoms with Crippen molar-refractivity contribution < 1.29 is 14.6 Å². The maximum absolute atomic E-state index is 12.3. The highest BCUT2D eigenvalue weighted by molar-refractivity contribution is 5.84. The molecule has 0 aromatic rings. The first-order valence-corrected chi connectivity index (χ1v) is 6.02. The predicted molar refractivity (Wildman–Crippen MR) is 62.1 cm³/mol. The number of carbonyl (C=O) groups excluding carboxylic acids is 1. The van der Waals surface area contributed by atoms with E-state index in [-0.39, 0.29) is 18.4 Å². The van der Waals surface area contributed by atoms with Gasteiger partial charge in [-0.1, -0.05) is 6.92 Å². The molecule has 0 aromatic carbocycles. The largest absolute Gasteiger partial charge is 0.396 e. The number of amides is 1. The number of methoxy groups -OCH3 is 1. The fraction of sp³-hybridized carbons (Fsp3) is 0.917. The summed E-state index contributed by atoms with van der Waals surface area (Å²) in [7, 11) is 1.58. The summed E-state index contributed by atoms with van der Waals surface area (Å²) in [5, 5.41) is 9.14. The minimum atomic E-state index is -0.711. The van der Waals surface area contributed by atoms with Crippen molar-refractivity contribution in [1.82, 2.24) is 4.90 Å². The van der Waals surface area contributed by atoms with Crippen LogP contribution in [0.15, 0.2) is 0 Å². The average Bonchev–Trinajstić information content (AvgIpc) is 2.37. The Morgan fingerprint density at radius 3 is 2.81 bits per heavy atom. The van der Waals surface area contributed by atoms with Crippen LogP contribution in [0.25, 0.3) is 0 Å². The van der Waals surface area contributed by atoms with Gasteiger partial charge in [0.05, 0.1) is 0 Å². The topological polar surface area (TPSA) is 49.8 Å². The fourth-order valence-electron chi connectivity index (χ4n) is 2.12. The second kappa shape index (κ2) is 5.64. The van der Waals surface area contributed by atoms with Gasteiger partial charge < -0.3 is 14.7 Å². The molecule has 1 aliphatic rings. The molecule has 1 saturated heterocycles. The molecule has 4 nitrogen and oxygen atoms in total. The SMILES string of the molecule is CCC(C)(OC)C(=O)N1CCCC(CO)C1. The van der Waals surface area contributed by atoms with E-state index in [1.54, 1.807) is 7.11 Å². The summed E-state index contributed by atoms with van der Waals surface area (Å²) in [4.78, 5) is 14.1. The van der Waals surface area contributed by atoms with Crippen LogP contribution in [-0.4, -0.2) is 48.3 Å². The monoisotopic (exact) mass is 229 g/mol. The number of hydrogen-bond donors (Lipinski definition) is 1. The molecule has 94 valence electrons. The van der Waals surface area contributed by atoms with Crippen LogP contribution in [0.5, 0.6) is 0 Å². The summed E-state index contributed by atoms with van der Waals surface area (Å²) in [6, 6.07) is 0. The predicted octanol–water partition coefficient (Wildman–Crippen LogP) is 1.03. The molecule has 1 fully saturated rings. The molecule has 16 heavy (non-hydrogen) atoms. The van der Waals surface area contributed by atoms with Gasteiger partial charge in [-0.05, 0) is 32.1 Å². The Bertz CT molecular complexity index is 238. The molecule has 2 unspecified atom stereocenters. The van der Waals surface area contributed by atoms with Crippen molar-refractivity contribution in [2.24, 2.45) is 5.92 Å². The first-order chi connectivity index (χ1) is 7.57. The zero-order valence-corrected chi connectivity index (χ0v) is 10.5. The zero-order valence-electron chi connectivity index (χ0n) is 10.5. The van der Waals surface area contributed by atoms with Crippen molar-refractivity contribution in [3.05, 3.63) is 0 Å². The molecule has 0 aromatic heterocycles. The number of ether oxygens (including phenoxy) is 1. The average molecular weight is 229 g/mol. The Kier molecular flexibility index (Phi) is 4.74. The molecule has 4 heteroatoms. The number of nitrogens with zero attached hydrogens (tertiary/aromatic N) is 1. The number of carbonyl (C=O) groups is 1. The van der Waals surface area contributed by atoms with Crippen LogP contribution in [0.2, 0.25) is 0 Å². The van der Waals surface area contributed by atoms with Crippen LogP contribution in [0.3, 0.4) is 0 Å². The highest BCUT2D eigenvalue weighted by Gasteiger charge is 2.36. The zero-order chi connectivity index (χ0) is 12.2. The molecular weight excluding hydrogens is 206 g/mol. The van der Waals surface area contributed by atoms with Crippen LogP contribution in [0, 0.1) is 5.92 Å². The maximum atomic E-state index is 12.3. The number of hydrogen-bond acceptors (Lipinski definition) is 3. The molecule has 1 rings (SSSR count). The van der Waals surface area contributed by atoms with E-state index in [1.807, 2.05) is 18.7 Å². The van der Waals surface area contributed by atoms with Gasteiger partial charge in [0.1, 0.15) is 5.60 Å². The lowest BCUT2D eigenvalue weighted by atomic mass is 9.95. The fourth-order valence-corrected chi connectivity index (χ4v) is 2.12. The molecule has 1 amide bonds. The lowest BCUT2D eigenvalue weighted by Crippen LogP contribution is -2.51. The molecule has 0 aliphatic carbocycles. The summed E-state index contributed by atoms with van der Waals surface area (Å²) in [5.74, 6) is 0.284. The van der Waals surface area contributed by atoms with E-state index >= 15 is 0 Å². The van der Waals surface area contributed by atoms with Crippen molar-refractivity contribution in [3.63, 3.8) is 0 Å². The highest BCUT2D eigenvalue weighted by Crippen LogP contribution is 2.22. The first kappa shape index (κ1) is 13.5. The Hall–Kier alpha value is -0.610. The number of aliphatic hydroxyl groups is 1. The molecule has 2 atom stereocenters. The third-order valence-corrected chi connectivity index (χ3v) is 3.64. The van der Waals surface area contributed by atoms with Crippen LogP contribution < -0.4 is 0 Å². The smallest absolute Gasteiger partial charge is 0.254 e. The van der Waals surface area contributed by atoms with E-state index in [4.69, 9.17) is 9.84 Å². The minimum Gasteiger partial charge on any atom is -0.396 e. The van der Waals surface area contributed by atoms with Crippen molar-refractivity contribution in [1.29, 1.82) is 0 Å². The minimum absolute atomic E-state index is 0.0515. The second-order valence-electron chi connectivity index (χ2n) is 4.73. The summed E-state index contributed by atoms with van der Waals surface area (Å²) in [6.45, 7) is 5.40. The van der Waals surface area contributed by atoms with Crippen molar-refractivity contribution in [2.75, 3.05) is 26.8 Å². The molecule has 0 spiro atoms. The van der Waals surface area contributed by atoms with E-state index in [1.165, 1.54) is 0 Å². The number of aliphatic hydroxyl groups excluding tert-OH is 1. The van der Waals surface area contributed by atoms with Gasteiger partial charge in [-0.2, -0.15) is 0 Å². The van der Waals surface area contributed by atoms with Crippen molar-refractivity contribution in [2.45, 2.75) is 38.7 Å².